The first-order valence-electron chi connectivity index (χ1n) is 9.07. The molecule has 0 saturated carbocycles. The smallest absolute Gasteiger partial charge is 0.215 e. The molecular formula is C20H25FN2O2S. The summed E-state index contributed by atoms with van der Waals surface area (Å²) in [4.78, 5) is 2.39. The monoisotopic (exact) mass is 376 g/mol. The highest BCUT2D eigenvalue weighted by Crippen LogP contribution is 2.20. The number of sulfonamides is 1. The topological polar surface area (TPSA) is 49.4 Å². The molecule has 140 valence electrons. The maximum Gasteiger partial charge on any atom is 0.215 e. The molecule has 1 fully saturated rings. The van der Waals surface area contributed by atoms with E-state index >= 15 is 0 Å². The molecule has 0 unspecified atom stereocenters. The second kappa shape index (κ2) is 8.64. The summed E-state index contributed by atoms with van der Waals surface area (Å²) in [5.74, 6) is -0.620. The predicted molar refractivity (Wildman–Crippen MR) is 103 cm³/mol. The molecule has 0 atom stereocenters. The number of benzene rings is 2. The standard InChI is InChI=1S/C20H25FN2O2S/c21-19-7-3-5-18(15-19)16-26(24,25)22-12-4-6-17-8-10-20(11-9-17)23-13-1-2-14-23/h3,5,7-11,15,22H,1-2,4,6,12-14,16H2. The average molecular weight is 376 g/mol. The van der Waals surface area contributed by atoms with E-state index in [9.17, 15) is 12.8 Å². The second-order valence-corrected chi connectivity index (χ2v) is 8.55. The molecule has 6 heteroatoms. The van der Waals surface area contributed by atoms with Gasteiger partial charge in [-0.05, 0) is 61.1 Å². The van der Waals surface area contributed by atoms with Crippen molar-refractivity contribution in [3.8, 4) is 0 Å². The van der Waals surface area contributed by atoms with Gasteiger partial charge in [-0.1, -0.05) is 24.3 Å². The van der Waals surface area contributed by atoms with Crippen molar-refractivity contribution in [2.75, 3.05) is 24.5 Å². The van der Waals surface area contributed by atoms with Gasteiger partial charge in [0.2, 0.25) is 10.0 Å². The molecule has 4 nitrogen and oxygen atoms in total. The Hall–Kier alpha value is -1.92. The summed E-state index contributed by atoms with van der Waals surface area (Å²) in [7, 11) is -3.45. The van der Waals surface area contributed by atoms with Crippen LogP contribution in [-0.2, 0) is 22.2 Å². The maximum atomic E-state index is 13.1. The molecular weight excluding hydrogens is 351 g/mol. The van der Waals surface area contributed by atoms with E-state index in [2.05, 4.69) is 33.9 Å². The number of rotatable bonds is 8. The van der Waals surface area contributed by atoms with Crippen molar-refractivity contribution in [1.29, 1.82) is 0 Å². The summed E-state index contributed by atoms with van der Waals surface area (Å²) < 4.78 is 39.9. The van der Waals surface area contributed by atoms with Gasteiger partial charge in [0.15, 0.2) is 0 Å². The lowest BCUT2D eigenvalue weighted by molar-refractivity contribution is 0.577. The molecule has 0 amide bonds. The lowest BCUT2D eigenvalue weighted by Crippen LogP contribution is -2.26. The highest BCUT2D eigenvalue weighted by molar-refractivity contribution is 7.88. The Labute approximate surface area is 155 Å². The Morgan fingerprint density at radius 3 is 2.42 bits per heavy atom. The van der Waals surface area contributed by atoms with Crippen molar-refractivity contribution in [2.24, 2.45) is 0 Å². The molecule has 0 aliphatic carbocycles. The molecule has 3 rings (SSSR count). The third-order valence-corrected chi connectivity index (χ3v) is 5.97. The number of nitrogens with zero attached hydrogens (tertiary/aromatic N) is 1. The van der Waals surface area contributed by atoms with Gasteiger partial charge in [0.1, 0.15) is 5.82 Å². The molecule has 1 aliphatic rings. The van der Waals surface area contributed by atoms with Crippen molar-refractivity contribution < 1.29 is 12.8 Å². The fourth-order valence-electron chi connectivity index (χ4n) is 3.27. The summed E-state index contributed by atoms with van der Waals surface area (Å²) >= 11 is 0. The van der Waals surface area contributed by atoms with Crippen molar-refractivity contribution in [2.45, 2.75) is 31.4 Å². The SMILES string of the molecule is O=S(=O)(Cc1cccc(F)c1)NCCCc1ccc(N2CCCC2)cc1. The van der Waals surface area contributed by atoms with E-state index in [0.717, 1.165) is 25.9 Å². The van der Waals surface area contributed by atoms with E-state index < -0.39 is 15.8 Å². The summed E-state index contributed by atoms with van der Waals surface area (Å²) in [6.07, 6.45) is 4.07. The minimum Gasteiger partial charge on any atom is -0.372 e. The minimum atomic E-state index is -3.45. The van der Waals surface area contributed by atoms with Crippen LogP contribution < -0.4 is 9.62 Å². The Balaban J connectivity index is 1.43. The first-order valence-corrected chi connectivity index (χ1v) is 10.7. The van der Waals surface area contributed by atoms with Gasteiger partial charge in [0.05, 0.1) is 5.75 Å². The fraction of sp³-hybridized carbons (Fsp3) is 0.400. The zero-order chi connectivity index (χ0) is 18.4. The molecule has 0 aromatic heterocycles. The van der Waals surface area contributed by atoms with Crippen molar-refractivity contribution in [1.82, 2.24) is 4.72 Å². The lowest BCUT2D eigenvalue weighted by Gasteiger charge is -2.17. The van der Waals surface area contributed by atoms with Gasteiger partial charge in [-0.3, -0.25) is 0 Å². The molecule has 0 spiro atoms. The molecule has 0 bridgehead atoms. The van der Waals surface area contributed by atoms with Gasteiger partial charge in [0, 0.05) is 25.3 Å². The van der Waals surface area contributed by atoms with Crippen molar-refractivity contribution in [3.63, 3.8) is 0 Å². The van der Waals surface area contributed by atoms with Crippen LogP contribution in [0.4, 0.5) is 10.1 Å². The average Bonchev–Trinajstić information content (AvgIpc) is 3.13. The van der Waals surface area contributed by atoms with E-state index in [0.29, 0.717) is 12.1 Å². The highest BCUT2D eigenvalue weighted by Gasteiger charge is 2.13. The van der Waals surface area contributed by atoms with Crippen LogP contribution in [0.3, 0.4) is 0 Å². The first-order chi connectivity index (χ1) is 12.5. The van der Waals surface area contributed by atoms with Crippen molar-refractivity contribution >= 4 is 15.7 Å². The molecule has 1 heterocycles. The van der Waals surface area contributed by atoms with E-state index in [1.54, 1.807) is 6.07 Å². The zero-order valence-electron chi connectivity index (χ0n) is 14.8. The fourth-order valence-corrected chi connectivity index (χ4v) is 4.44. The normalized spacial score (nSPS) is 14.7. The third kappa shape index (κ3) is 5.54. The molecule has 2 aromatic rings. The molecule has 1 aliphatic heterocycles. The van der Waals surface area contributed by atoms with Gasteiger partial charge in [-0.15, -0.1) is 0 Å². The summed E-state index contributed by atoms with van der Waals surface area (Å²) in [6.45, 7) is 2.64. The van der Waals surface area contributed by atoms with Gasteiger partial charge >= 0.3 is 0 Å². The third-order valence-electron chi connectivity index (χ3n) is 4.62. The Morgan fingerprint density at radius 1 is 1.00 bits per heavy atom. The van der Waals surface area contributed by atoms with Crippen LogP contribution >= 0.6 is 0 Å². The molecule has 1 N–H and O–H groups in total. The Bertz CT molecular complexity index is 816. The minimum absolute atomic E-state index is 0.199. The number of nitrogens with one attached hydrogen (secondary N) is 1. The van der Waals surface area contributed by atoms with Crippen molar-refractivity contribution in [3.05, 3.63) is 65.5 Å². The van der Waals surface area contributed by atoms with Crippen LogP contribution in [0.15, 0.2) is 48.5 Å². The van der Waals surface area contributed by atoms with Gasteiger partial charge in [-0.2, -0.15) is 0 Å². The number of hydrogen-bond acceptors (Lipinski definition) is 3. The number of anilines is 1. The van der Waals surface area contributed by atoms with E-state index in [1.165, 1.54) is 42.3 Å². The van der Waals surface area contributed by atoms with Gasteiger partial charge in [0.25, 0.3) is 0 Å². The molecule has 1 saturated heterocycles. The zero-order valence-corrected chi connectivity index (χ0v) is 15.6. The maximum absolute atomic E-state index is 13.1. The van der Waals surface area contributed by atoms with E-state index in [4.69, 9.17) is 0 Å². The first kappa shape index (κ1) is 18.9. The predicted octanol–water partition coefficient (Wildman–Crippen LogP) is 3.48. The van der Waals surface area contributed by atoms with Gasteiger partial charge in [-0.25, -0.2) is 17.5 Å². The molecule has 26 heavy (non-hydrogen) atoms. The Kier molecular flexibility index (Phi) is 6.27. The largest absolute Gasteiger partial charge is 0.372 e. The van der Waals surface area contributed by atoms with E-state index in [1.807, 2.05) is 0 Å². The second-order valence-electron chi connectivity index (χ2n) is 6.75. The van der Waals surface area contributed by atoms with Crippen LogP contribution in [0.25, 0.3) is 0 Å². The number of aryl methyl sites for hydroxylation is 1. The molecule has 0 radical (unpaired) electrons. The van der Waals surface area contributed by atoms with Crippen LogP contribution in [-0.4, -0.2) is 28.1 Å². The summed E-state index contributed by atoms with van der Waals surface area (Å²) in [5.41, 5.74) is 2.93. The molecule has 2 aromatic carbocycles. The Morgan fingerprint density at radius 2 is 1.73 bits per heavy atom. The summed E-state index contributed by atoms with van der Waals surface area (Å²) in [5, 5.41) is 0. The van der Waals surface area contributed by atoms with Crippen LogP contribution in [0.1, 0.15) is 30.4 Å². The van der Waals surface area contributed by atoms with Crippen LogP contribution in [0.2, 0.25) is 0 Å². The quantitative estimate of drug-likeness (QED) is 0.718. The van der Waals surface area contributed by atoms with Gasteiger partial charge < -0.3 is 4.90 Å². The van der Waals surface area contributed by atoms with E-state index in [-0.39, 0.29) is 5.75 Å². The van der Waals surface area contributed by atoms with Crippen LogP contribution in [0.5, 0.6) is 0 Å². The lowest BCUT2D eigenvalue weighted by atomic mass is 10.1. The summed E-state index contributed by atoms with van der Waals surface area (Å²) in [6, 6.07) is 14.2. The number of hydrogen-bond donors (Lipinski definition) is 1. The number of halogens is 1. The van der Waals surface area contributed by atoms with Crippen LogP contribution in [0, 0.1) is 5.82 Å². The highest BCUT2D eigenvalue weighted by atomic mass is 32.2.